The van der Waals surface area contributed by atoms with Gasteiger partial charge in [0.05, 0.1) is 16.8 Å². The second-order valence-electron chi connectivity index (χ2n) is 6.51. The summed E-state index contributed by atoms with van der Waals surface area (Å²) in [6.07, 6.45) is 1.85. The number of carbonyl (C=O) groups excluding carboxylic acids is 1. The maximum atomic E-state index is 12.9. The minimum Gasteiger partial charge on any atom is -0.342 e. The van der Waals surface area contributed by atoms with E-state index in [1.165, 1.54) is 0 Å². The van der Waals surface area contributed by atoms with Crippen LogP contribution in [0.4, 0.5) is 0 Å². The van der Waals surface area contributed by atoms with Gasteiger partial charge in [0.15, 0.2) is 11.9 Å². The molecule has 0 saturated heterocycles. The lowest BCUT2D eigenvalue weighted by atomic mass is 10.0. The van der Waals surface area contributed by atoms with E-state index in [9.17, 15) is 4.79 Å². The van der Waals surface area contributed by atoms with Gasteiger partial charge in [-0.3, -0.25) is 4.79 Å². The molecule has 0 radical (unpaired) electrons. The standard InChI is InChI=1S/C23H19N3O/c1-16-7-6-8-17(13-16)22-14-20(19-10-2-3-11-21(19)26-22)23(27)25-15-18-9-4-5-12-24-18/h2-14H,15H2,1H3,(H,25,27)/p+1. The van der Waals surface area contributed by atoms with Crippen molar-refractivity contribution in [2.75, 3.05) is 0 Å². The fourth-order valence-corrected chi connectivity index (χ4v) is 3.13. The number of aromatic nitrogens is 2. The zero-order chi connectivity index (χ0) is 18.6. The molecular weight excluding hydrogens is 334 g/mol. The van der Waals surface area contributed by atoms with Gasteiger partial charge in [-0.25, -0.2) is 9.97 Å². The molecule has 0 aliphatic carbocycles. The highest BCUT2D eigenvalue weighted by Crippen LogP contribution is 2.25. The molecule has 2 heterocycles. The predicted molar refractivity (Wildman–Crippen MR) is 106 cm³/mol. The summed E-state index contributed by atoms with van der Waals surface area (Å²) in [6, 6.07) is 23.6. The van der Waals surface area contributed by atoms with Gasteiger partial charge in [0.2, 0.25) is 0 Å². The molecule has 4 heteroatoms. The molecule has 0 aliphatic rings. The van der Waals surface area contributed by atoms with Crippen LogP contribution in [0.3, 0.4) is 0 Å². The maximum Gasteiger partial charge on any atom is 0.252 e. The molecule has 2 N–H and O–H groups in total. The Hall–Kier alpha value is -3.53. The van der Waals surface area contributed by atoms with Gasteiger partial charge in [-0.05, 0) is 25.1 Å². The molecule has 27 heavy (non-hydrogen) atoms. The monoisotopic (exact) mass is 354 g/mol. The molecule has 2 aromatic carbocycles. The SMILES string of the molecule is Cc1cccc(-c2cc(C(=O)NCc3cccc[nH+]3)c3ccccc3n2)c1. The Morgan fingerprint density at radius 3 is 2.67 bits per heavy atom. The molecule has 0 spiro atoms. The topological polar surface area (TPSA) is 56.1 Å². The van der Waals surface area contributed by atoms with Crippen molar-refractivity contribution in [1.29, 1.82) is 0 Å². The van der Waals surface area contributed by atoms with E-state index in [1.54, 1.807) is 0 Å². The number of nitrogens with zero attached hydrogens (tertiary/aromatic N) is 1. The van der Waals surface area contributed by atoms with Gasteiger partial charge in [0.1, 0.15) is 6.54 Å². The van der Waals surface area contributed by atoms with Crippen LogP contribution >= 0.6 is 0 Å². The van der Waals surface area contributed by atoms with E-state index in [0.29, 0.717) is 12.1 Å². The second kappa shape index (κ2) is 7.38. The van der Waals surface area contributed by atoms with Crippen molar-refractivity contribution in [2.45, 2.75) is 13.5 Å². The normalized spacial score (nSPS) is 10.7. The van der Waals surface area contributed by atoms with Crippen LogP contribution in [0.15, 0.2) is 79.0 Å². The summed E-state index contributed by atoms with van der Waals surface area (Å²) in [7, 11) is 0. The number of carbonyl (C=O) groups is 1. The zero-order valence-electron chi connectivity index (χ0n) is 15.1. The largest absolute Gasteiger partial charge is 0.342 e. The molecule has 132 valence electrons. The van der Waals surface area contributed by atoms with Gasteiger partial charge >= 0.3 is 0 Å². The summed E-state index contributed by atoms with van der Waals surface area (Å²) >= 11 is 0. The van der Waals surface area contributed by atoms with Gasteiger partial charge in [-0.15, -0.1) is 0 Å². The highest BCUT2D eigenvalue weighted by Gasteiger charge is 2.14. The van der Waals surface area contributed by atoms with Crippen LogP contribution in [-0.4, -0.2) is 10.9 Å². The Labute approximate surface area is 157 Å². The number of hydrogen-bond donors (Lipinski definition) is 1. The van der Waals surface area contributed by atoms with E-state index in [4.69, 9.17) is 4.98 Å². The second-order valence-corrected chi connectivity index (χ2v) is 6.51. The molecule has 0 saturated carbocycles. The van der Waals surface area contributed by atoms with Crippen molar-refractivity contribution in [3.8, 4) is 11.3 Å². The van der Waals surface area contributed by atoms with Crippen LogP contribution < -0.4 is 10.3 Å². The van der Waals surface area contributed by atoms with Gasteiger partial charge in [0.25, 0.3) is 5.91 Å². The Bertz CT molecular complexity index is 1110. The Balaban J connectivity index is 1.73. The van der Waals surface area contributed by atoms with Crippen LogP contribution in [0, 0.1) is 6.92 Å². The number of fused-ring (bicyclic) bond motifs is 1. The third kappa shape index (κ3) is 3.70. The van der Waals surface area contributed by atoms with Crippen LogP contribution in [0.25, 0.3) is 22.2 Å². The number of aryl methyl sites for hydroxylation is 1. The molecule has 4 rings (SSSR count). The Morgan fingerprint density at radius 2 is 1.85 bits per heavy atom. The van der Waals surface area contributed by atoms with Crippen molar-refractivity contribution in [3.05, 3.63) is 95.8 Å². The average molecular weight is 354 g/mol. The van der Waals surface area contributed by atoms with E-state index in [1.807, 2.05) is 66.9 Å². The first-order chi connectivity index (χ1) is 13.2. The molecule has 4 nitrogen and oxygen atoms in total. The number of benzene rings is 2. The number of para-hydroxylation sites is 1. The smallest absolute Gasteiger partial charge is 0.252 e. The summed E-state index contributed by atoms with van der Waals surface area (Å²) in [6.45, 7) is 2.49. The number of nitrogens with one attached hydrogen (secondary N) is 2. The van der Waals surface area contributed by atoms with E-state index < -0.39 is 0 Å². The number of H-pyrrole nitrogens is 1. The van der Waals surface area contributed by atoms with Crippen LogP contribution in [-0.2, 0) is 6.54 Å². The highest BCUT2D eigenvalue weighted by atomic mass is 16.1. The minimum absolute atomic E-state index is 0.111. The van der Waals surface area contributed by atoms with E-state index in [-0.39, 0.29) is 5.91 Å². The first-order valence-corrected chi connectivity index (χ1v) is 8.91. The van der Waals surface area contributed by atoms with Crippen LogP contribution in [0.2, 0.25) is 0 Å². The third-order valence-corrected chi connectivity index (χ3v) is 4.49. The van der Waals surface area contributed by atoms with Gasteiger partial charge in [0, 0.05) is 23.1 Å². The molecule has 0 fully saturated rings. The molecular formula is C23H20N3O+. The number of hydrogen-bond acceptors (Lipinski definition) is 2. The lowest BCUT2D eigenvalue weighted by Gasteiger charge is -2.10. The van der Waals surface area contributed by atoms with E-state index in [2.05, 4.69) is 29.4 Å². The number of aromatic amines is 1. The molecule has 4 aromatic rings. The summed E-state index contributed by atoms with van der Waals surface area (Å²) in [5, 5.41) is 3.85. The van der Waals surface area contributed by atoms with E-state index >= 15 is 0 Å². The molecule has 0 aliphatic heterocycles. The summed E-state index contributed by atoms with van der Waals surface area (Å²) in [5.41, 5.74) is 5.36. The zero-order valence-corrected chi connectivity index (χ0v) is 15.1. The molecule has 1 amide bonds. The number of pyridine rings is 2. The van der Waals surface area contributed by atoms with Crippen LogP contribution in [0.5, 0.6) is 0 Å². The first-order valence-electron chi connectivity index (χ1n) is 8.91. The van der Waals surface area contributed by atoms with Crippen molar-refractivity contribution in [1.82, 2.24) is 10.3 Å². The van der Waals surface area contributed by atoms with Crippen LogP contribution in [0.1, 0.15) is 21.6 Å². The molecule has 0 bridgehead atoms. The minimum atomic E-state index is -0.111. The van der Waals surface area contributed by atoms with Gasteiger partial charge < -0.3 is 5.32 Å². The van der Waals surface area contributed by atoms with E-state index in [0.717, 1.165) is 33.4 Å². The number of rotatable bonds is 4. The van der Waals surface area contributed by atoms with Crippen molar-refractivity contribution >= 4 is 16.8 Å². The molecule has 0 atom stereocenters. The highest BCUT2D eigenvalue weighted by molar-refractivity contribution is 6.07. The Morgan fingerprint density at radius 1 is 1.00 bits per heavy atom. The Kier molecular flexibility index (Phi) is 4.62. The quantitative estimate of drug-likeness (QED) is 0.603. The summed E-state index contributed by atoms with van der Waals surface area (Å²) < 4.78 is 0. The number of amides is 1. The third-order valence-electron chi connectivity index (χ3n) is 4.49. The molecule has 2 aromatic heterocycles. The maximum absolute atomic E-state index is 12.9. The summed E-state index contributed by atoms with van der Waals surface area (Å²) in [4.78, 5) is 20.8. The van der Waals surface area contributed by atoms with Crippen molar-refractivity contribution in [3.63, 3.8) is 0 Å². The lowest BCUT2D eigenvalue weighted by molar-refractivity contribution is -0.390. The fraction of sp³-hybridized carbons (Fsp3) is 0.0870. The molecule has 0 unspecified atom stereocenters. The predicted octanol–water partition coefficient (Wildman–Crippen LogP) is 3.95. The fourth-order valence-electron chi connectivity index (χ4n) is 3.13. The lowest BCUT2D eigenvalue weighted by Crippen LogP contribution is -2.26. The first kappa shape index (κ1) is 16.9. The van der Waals surface area contributed by atoms with Gasteiger partial charge in [-0.1, -0.05) is 48.0 Å². The van der Waals surface area contributed by atoms with Gasteiger partial charge in [-0.2, -0.15) is 0 Å². The summed E-state index contributed by atoms with van der Waals surface area (Å²) in [5.74, 6) is -0.111. The average Bonchev–Trinajstić information content (AvgIpc) is 2.72. The van der Waals surface area contributed by atoms with Crippen molar-refractivity contribution in [2.24, 2.45) is 0 Å². The van der Waals surface area contributed by atoms with Crippen molar-refractivity contribution < 1.29 is 9.78 Å².